The van der Waals surface area contributed by atoms with Gasteiger partial charge in [-0.1, -0.05) is 42.5 Å². The van der Waals surface area contributed by atoms with Crippen molar-refractivity contribution in [3.05, 3.63) is 71.9 Å². The number of para-hydroxylation sites is 2. The fourth-order valence-corrected chi connectivity index (χ4v) is 3.52. The Labute approximate surface area is 150 Å². The van der Waals surface area contributed by atoms with E-state index in [4.69, 9.17) is 10.5 Å². The number of nitrogens with one attached hydrogen (secondary N) is 1. The molecule has 2 aromatic carbocycles. The fraction of sp³-hybridized carbons (Fsp3) is 0.111. The Morgan fingerprint density at radius 3 is 2.58 bits per heavy atom. The molecule has 0 saturated carbocycles. The third kappa shape index (κ3) is 4.48. The fourth-order valence-electron chi connectivity index (χ4n) is 2.50. The van der Waals surface area contributed by atoms with Crippen LogP contribution in [0.3, 0.4) is 0 Å². The van der Waals surface area contributed by atoms with Crippen LogP contribution >= 0.6 is 0 Å². The molecule has 0 aliphatic carbocycles. The summed E-state index contributed by atoms with van der Waals surface area (Å²) in [4.78, 5) is 15.3. The van der Waals surface area contributed by atoms with Gasteiger partial charge in [0.05, 0.1) is 17.0 Å². The quantitative estimate of drug-likeness (QED) is 0.691. The van der Waals surface area contributed by atoms with Gasteiger partial charge in [-0.05, 0) is 18.2 Å². The predicted molar refractivity (Wildman–Crippen MR) is 97.9 cm³/mol. The SMILES string of the molecule is NC(=O)NS(=O)(=O)Cc1ccccc1OCc1ccc2ccccc2n1. The van der Waals surface area contributed by atoms with Gasteiger partial charge in [-0.25, -0.2) is 22.9 Å². The van der Waals surface area contributed by atoms with Crippen molar-refractivity contribution in [2.45, 2.75) is 12.4 Å². The summed E-state index contributed by atoms with van der Waals surface area (Å²) in [6, 6.07) is 17.1. The average Bonchev–Trinajstić information content (AvgIpc) is 2.59. The Morgan fingerprint density at radius 1 is 1.04 bits per heavy atom. The van der Waals surface area contributed by atoms with Crippen LogP contribution < -0.4 is 15.2 Å². The summed E-state index contributed by atoms with van der Waals surface area (Å²) in [7, 11) is -3.89. The van der Waals surface area contributed by atoms with Gasteiger partial charge in [0.15, 0.2) is 0 Å². The van der Waals surface area contributed by atoms with Gasteiger partial charge in [0, 0.05) is 10.9 Å². The van der Waals surface area contributed by atoms with Gasteiger partial charge in [0.2, 0.25) is 10.0 Å². The molecule has 134 valence electrons. The first-order valence-electron chi connectivity index (χ1n) is 7.78. The van der Waals surface area contributed by atoms with E-state index < -0.39 is 21.8 Å². The molecule has 8 heteroatoms. The highest BCUT2D eigenvalue weighted by Crippen LogP contribution is 2.21. The molecule has 3 rings (SSSR count). The van der Waals surface area contributed by atoms with Crippen molar-refractivity contribution in [1.29, 1.82) is 0 Å². The number of pyridine rings is 1. The molecule has 26 heavy (non-hydrogen) atoms. The second-order valence-electron chi connectivity index (χ2n) is 5.62. The first-order valence-corrected chi connectivity index (χ1v) is 9.43. The highest BCUT2D eigenvalue weighted by atomic mass is 32.2. The van der Waals surface area contributed by atoms with Gasteiger partial charge >= 0.3 is 6.03 Å². The summed E-state index contributed by atoms with van der Waals surface area (Å²) in [5.41, 5.74) is 6.88. The number of urea groups is 1. The zero-order valence-electron chi connectivity index (χ0n) is 13.8. The Hall–Kier alpha value is -3.13. The largest absolute Gasteiger partial charge is 0.487 e. The molecule has 7 nitrogen and oxygen atoms in total. The highest BCUT2D eigenvalue weighted by Gasteiger charge is 2.16. The number of hydrogen-bond donors (Lipinski definition) is 2. The number of benzene rings is 2. The lowest BCUT2D eigenvalue weighted by Gasteiger charge is -2.12. The van der Waals surface area contributed by atoms with E-state index in [9.17, 15) is 13.2 Å². The first kappa shape index (κ1) is 17.7. The molecule has 1 aromatic heterocycles. The molecule has 1 heterocycles. The van der Waals surface area contributed by atoms with Crippen LogP contribution in [-0.2, 0) is 22.4 Å². The van der Waals surface area contributed by atoms with E-state index in [1.54, 1.807) is 29.0 Å². The molecule has 0 aliphatic rings. The van der Waals surface area contributed by atoms with Crippen LogP contribution in [0.5, 0.6) is 5.75 Å². The number of ether oxygens (including phenoxy) is 1. The molecule has 0 fully saturated rings. The van der Waals surface area contributed by atoms with Crippen molar-refractivity contribution < 1.29 is 17.9 Å². The van der Waals surface area contributed by atoms with Crippen LogP contribution in [-0.4, -0.2) is 19.4 Å². The smallest absolute Gasteiger partial charge is 0.325 e. The van der Waals surface area contributed by atoms with E-state index in [1.165, 1.54) is 0 Å². The third-order valence-corrected chi connectivity index (χ3v) is 4.81. The lowest BCUT2D eigenvalue weighted by atomic mass is 10.2. The number of rotatable bonds is 6. The molecule has 0 unspecified atom stereocenters. The summed E-state index contributed by atoms with van der Waals surface area (Å²) < 4.78 is 31.3. The third-order valence-electron chi connectivity index (χ3n) is 3.61. The van der Waals surface area contributed by atoms with Gasteiger partial charge in [-0.3, -0.25) is 0 Å². The molecule has 0 spiro atoms. The van der Waals surface area contributed by atoms with Gasteiger partial charge in [0.25, 0.3) is 0 Å². The van der Waals surface area contributed by atoms with E-state index in [0.717, 1.165) is 16.6 Å². The van der Waals surface area contributed by atoms with Gasteiger partial charge < -0.3 is 10.5 Å². The Bertz CT molecular complexity index is 1050. The highest BCUT2D eigenvalue weighted by molar-refractivity contribution is 7.89. The number of nitrogens with zero attached hydrogens (tertiary/aromatic N) is 1. The van der Waals surface area contributed by atoms with E-state index in [0.29, 0.717) is 11.3 Å². The van der Waals surface area contributed by atoms with E-state index in [-0.39, 0.29) is 6.61 Å². The minimum atomic E-state index is -3.89. The number of fused-ring (bicyclic) bond motifs is 1. The second-order valence-corrected chi connectivity index (χ2v) is 7.34. The number of amides is 2. The maximum Gasteiger partial charge on any atom is 0.325 e. The number of aromatic nitrogens is 1. The normalized spacial score (nSPS) is 11.2. The van der Waals surface area contributed by atoms with Crippen LogP contribution in [0, 0.1) is 0 Å². The number of hydrogen-bond acceptors (Lipinski definition) is 5. The minimum Gasteiger partial charge on any atom is -0.487 e. The molecule has 0 bridgehead atoms. The van der Waals surface area contributed by atoms with E-state index >= 15 is 0 Å². The average molecular weight is 371 g/mol. The molecular weight excluding hydrogens is 354 g/mol. The van der Waals surface area contributed by atoms with Crippen LogP contribution in [0.1, 0.15) is 11.3 Å². The Balaban J connectivity index is 1.76. The number of carbonyl (C=O) groups is 1. The minimum absolute atomic E-state index is 0.186. The van der Waals surface area contributed by atoms with Crippen molar-refractivity contribution in [2.24, 2.45) is 5.73 Å². The number of carbonyl (C=O) groups excluding carboxylic acids is 1. The van der Waals surface area contributed by atoms with Crippen molar-refractivity contribution in [3.63, 3.8) is 0 Å². The lowest BCUT2D eigenvalue weighted by Crippen LogP contribution is -2.35. The van der Waals surface area contributed by atoms with Crippen LogP contribution in [0.25, 0.3) is 10.9 Å². The Morgan fingerprint density at radius 2 is 1.77 bits per heavy atom. The van der Waals surface area contributed by atoms with Crippen LogP contribution in [0.2, 0.25) is 0 Å². The maximum atomic E-state index is 11.9. The number of sulfonamides is 1. The summed E-state index contributed by atoms with van der Waals surface area (Å²) in [6.07, 6.45) is 0. The van der Waals surface area contributed by atoms with Crippen LogP contribution in [0.4, 0.5) is 4.79 Å². The van der Waals surface area contributed by atoms with Crippen molar-refractivity contribution in [2.75, 3.05) is 0 Å². The first-order chi connectivity index (χ1) is 12.4. The Kier molecular flexibility index (Phi) is 5.04. The number of primary amides is 1. The zero-order chi connectivity index (χ0) is 18.6. The standard InChI is InChI=1S/C18H17N3O4S/c19-18(22)21-26(23,24)12-14-6-2-4-8-17(14)25-11-15-10-9-13-5-1-3-7-16(13)20-15/h1-10H,11-12H2,(H3,19,21,22). The van der Waals surface area contributed by atoms with E-state index in [1.807, 2.05) is 36.4 Å². The molecule has 0 radical (unpaired) electrons. The summed E-state index contributed by atoms with van der Waals surface area (Å²) in [5.74, 6) is -0.0191. The van der Waals surface area contributed by atoms with Crippen molar-refractivity contribution in [1.82, 2.24) is 9.71 Å². The van der Waals surface area contributed by atoms with Gasteiger partial charge in [-0.15, -0.1) is 0 Å². The molecule has 3 aromatic rings. The van der Waals surface area contributed by atoms with Gasteiger partial charge in [0.1, 0.15) is 12.4 Å². The molecule has 0 atom stereocenters. The predicted octanol–water partition coefficient (Wildman–Crippen LogP) is 2.31. The number of nitrogens with two attached hydrogens (primary N) is 1. The topological polar surface area (TPSA) is 111 Å². The molecular formula is C18H17N3O4S. The molecule has 2 amide bonds. The van der Waals surface area contributed by atoms with Crippen molar-refractivity contribution >= 4 is 27.0 Å². The van der Waals surface area contributed by atoms with Crippen LogP contribution in [0.15, 0.2) is 60.7 Å². The molecule has 0 saturated heterocycles. The zero-order valence-corrected chi connectivity index (χ0v) is 14.6. The summed E-state index contributed by atoms with van der Waals surface area (Å²) in [6.45, 7) is 0.186. The molecule has 0 aliphatic heterocycles. The van der Waals surface area contributed by atoms with E-state index in [2.05, 4.69) is 4.98 Å². The van der Waals surface area contributed by atoms with Crippen molar-refractivity contribution in [3.8, 4) is 5.75 Å². The maximum absolute atomic E-state index is 11.9. The molecule has 3 N–H and O–H groups in total. The second kappa shape index (κ2) is 7.40. The summed E-state index contributed by atoms with van der Waals surface area (Å²) >= 11 is 0. The lowest BCUT2D eigenvalue weighted by molar-refractivity contribution is 0.253. The monoisotopic (exact) mass is 371 g/mol. The summed E-state index contributed by atoms with van der Waals surface area (Å²) in [5, 5.41) is 1.03. The van der Waals surface area contributed by atoms with Gasteiger partial charge in [-0.2, -0.15) is 0 Å².